The fraction of sp³-hybridized carbons (Fsp3) is 0.300. The molecule has 0 unspecified atom stereocenters. The first-order chi connectivity index (χ1) is 7.41. The van der Waals surface area contributed by atoms with E-state index >= 15 is 0 Å². The van der Waals surface area contributed by atoms with Gasteiger partial charge in [0.15, 0.2) is 5.78 Å². The third-order valence-electron chi connectivity index (χ3n) is 1.95. The number of ketones is 1. The number of hydrogen-bond donors (Lipinski definition) is 2. The molecule has 0 fully saturated rings. The Bertz CT molecular complexity index is 438. The normalized spacial score (nSPS) is 11.9. The monoisotopic (exact) mass is 241 g/mol. The number of Topliss-reactive ketones (excluding diaryl/α,β-unsaturated/α-hetero) is 1. The molecule has 1 atom stereocenters. The molecule has 6 heteroatoms. The first-order valence-corrected chi connectivity index (χ1v) is 5.43. The van der Waals surface area contributed by atoms with Gasteiger partial charge < -0.3 is 10.4 Å². The Morgan fingerprint density at radius 2 is 2.06 bits per heavy atom. The van der Waals surface area contributed by atoms with Gasteiger partial charge in [0.05, 0.1) is 4.88 Å². The van der Waals surface area contributed by atoms with Crippen molar-refractivity contribution in [3.63, 3.8) is 0 Å². The van der Waals surface area contributed by atoms with Gasteiger partial charge >= 0.3 is 5.97 Å². The number of carbonyl (C=O) groups excluding carboxylic acids is 2. The molecule has 5 nitrogen and oxygen atoms in total. The van der Waals surface area contributed by atoms with E-state index in [9.17, 15) is 14.4 Å². The molecular formula is C10H11NO4S. The molecule has 0 saturated carbocycles. The van der Waals surface area contributed by atoms with Crippen LogP contribution in [0.25, 0.3) is 0 Å². The number of carboxylic acid groups (broad SMARTS) is 1. The second-order valence-corrected chi connectivity index (χ2v) is 4.20. The van der Waals surface area contributed by atoms with Crippen LogP contribution in [0.5, 0.6) is 0 Å². The molecule has 0 aromatic carbocycles. The van der Waals surface area contributed by atoms with E-state index in [1.807, 2.05) is 0 Å². The first-order valence-electron chi connectivity index (χ1n) is 4.55. The minimum absolute atomic E-state index is 0.124. The SMILES string of the molecule is CC(=O)c1csc(C(=O)N[C@@H](C)C(=O)O)c1. The second kappa shape index (κ2) is 4.89. The molecule has 1 heterocycles. The number of hydrogen-bond acceptors (Lipinski definition) is 4. The van der Waals surface area contributed by atoms with Crippen LogP contribution in [0.1, 0.15) is 33.9 Å². The Hall–Kier alpha value is -1.69. The molecule has 0 bridgehead atoms. The maximum Gasteiger partial charge on any atom is 0.325 e. The lowest BCUT2D eigenvalue weighted by Crippen LogP contribution is -2.37. The lowest BCUT2D eigenvalue weighted by atomic mass is 10.2. The van der Waals surface area contributed by atoms with Crippen LogP contribution in [0.3, 0.4) is 0 Å². The van der Waals surface area contributed by atoms with E-state index in [4.69, 9.17) is 5.11 Å². The van der Waals surface area contributed by atoms with Crippen molar-refractivity contribution in [3.05, 3.63) is 21.9 Å². The number of carbonyl (C=O) groups is 3. The summed E-state index contributed by atoms with van der Waals surface area (Å²) >= 11 is 1.11. The van der Waals surface area contributed by atoms with Gasteiger partial charge in [-0.2, -0.15) is 0 Å². The largest absolute Gasteiger partial charge is 0.480 e. The van der Waals surface area contributed by atoms with Gasteiger partial charge in [-0.1, -0.05) is 0 Å². The number of aliphatic carboxylic acids is 1. The zero-order chi connectivity index (χ0) is 12.3. The van der Waals surface area contributed by atoms with Crippen molar-refractivity contribution in [1.82, 2.24) is 5.32 Å². The molecule has 0 aliphatic heterocycles. The third kappa shape index (κ3) is 2.90. The Morgan fingerprint density at radius 3 is 2.50 bits per heavy atom. The second-order valence-electron chi connectivity index (χ2n) is 3.29. The molecule has 2 N–H and O–H groups in total. The van der Waals surface area contributed by atoms with Gasteiger partial charge in [-0.15, -0.1) is 11.3 Å². The van der Waals surface area contributed by atoms with Gasteiger partial charge in [0.2, 0.25) is 0 Å². The summed E-state index contributed by atoms with van der Waals surface area (Å²) in [4.78, 5) is 33.4. The van der Waals surface area contributed by atoms with Crippen LogP contribution in [-0.2, 0) is 4.79 Å². The zero-order valence-electron chi connectivity index (χ0n) is 8.81. The van der Waals surface area contributed by atoms with E-state index in [1.54, 1.807) is 5.38 Å². The minimum Gasteiger partial charge on any atom is -0.480 e. The lowest BCUT2D eigenvalue weighted by molar-refractivity contribution is -0.138. The third-order valence-corrected chi connectivity index (χ3v) is 2.88. The van der Waals surface area contributed by atoms with Gasteiger partial charge in [0.1, 0.15) is 6.04 Å². The Morgan fingerprint density at radius 1 is 1.44 bits per heavy atom. The fourth-order valence-corrected chi connectivity index (χ4v) is 1.82. The number of amides is 1. The summed E-state index contributed by atoms with van der Waals surface area (Å²) in [6, 6.07) is 0.507. The molecule has 0 aliphatic rings. The predicted octanol–water partition coefficient (Wildman–Crippen LogP) is 1.15. The van der Waals surface area contributed by atoms with Crippen molar-refractivity contribution in [2.75, 3.05) is 0 Å². The number of thiophene rings is 1. The Kier molecular flexibility index (Phi) is 3.78. The molecule has 0 saturated heterocycles. The van der Waals surface area contributed by atoms with Crippen LogP contribution in [-0.4, -0.2) is 28.8 Å². The molecule has 1 aromatic rings. The van der Waals surface area contributed by atoms with Gasteiger partial charge in [-0.3, -0.25) is 14.4 Å². The van der Waals surface area contributed by atoms with E-state index in [0.717, 1.165) is 11.3 Å². The smallest absolute Gasteiger partial charge is 0.325 e. The van der Waals surface area contributed by atoms with Crippen molar-refractivity contribution in [2.45, 2.75) is 19.9 Å². The lowest BCUT2D eigenvalue weighted by Gasteiger charge is -2.07. The fourth-order valence-electron chi connectivity index (χ4n) is 0.969. The molecule has 86 valence electrons. The van der Waals surface area contributed by atoms with E-state index in [-0.39, 0.29) is 5.78 Å². The number of carboxylic acids is 1. The highest BCUT2D eigenvalue weighted by atomic mass is 32.1. The molecule has 1 amide bonds. The summed E-state index contributed by atoms with van der Waals surface area (Å²) in [5.74, 6) is -1.70. The summed E-state index contributed by atoms with van der Waals surface area (Å²) in [6.45, 7) is 2.78. The highest BCUT2D eigenvalue weighted by Gasteiger charge is 2.17. The average Bonchev–Trinajstić information content (AvgIpc) is 2.65. The van der Waals surface area contributed by atoms with E-state index in [2.05, 4.69) is 5.32 Å². The molecule has 0 radical (unpaired) electrons. The highest BCUT2D eigenvalue weighted by Crippen LogP contribution is 2.15. The molecule has 0 spiro atoms. The van der Waals surface area contributed by atoms with Crippen LogP contribution >= 0.6 is 11.3 Å². The number of rotatable bonds is 4. The molecule has 1 aromatic heterocycles. The van der Waals surface area contributed by atoms with E-state index in [0.29, 0.717) is 10.4 Å². The van der Waals surface area contributed by atoms with Crippen molar-refractivity contribution >= 4 is 29.0 Å². The van der Waals surface area contributed by atoms with Crippen LogP contribution in [0.4, 0.5) is 0 Å². The van der Waals surface area contributed by atoms with Crippen LogP contribution in [0, 0.1) is 0 Å². The topological polar surface area (TPSA) is 83.5 Å². The Balaban J connectivity index is 2.73. The summed E-state index contributed by atoms with van der Waals surface area (Å²) in [5, 5.41) is 12.5. The van der Waals surface area contributed by atoms with Gasteiger partial charge in [0, 0.05) is 10.9 Å². The predicted molar refractivity (Wildman–Crippen MR) is 58.9 cm³/mol. The van der Waals surface area contributed by atoms with Gasteiger partial charge in [-0.05, 0) is 19.9 Å². The van der Waals surface area contributed by atoms with Crippen molar-refractivity contribution in [2.24, 2.45) is 0 Å². The van der Waals surface area contributed by atoms with Crippen LogP contribution in [0.15, 0.2) is 11.4 Å². The summed E-state index contributed by atoms with van der Waals surface area (Å²) in [6.07, 6.45) is 0. The quantitative estimate of drug-likeness (QED) is 0.775. The Labute approximate surface area is 96.1 Å². The average molecular weight is 241 g/mol. The molecule has 0 aliphatic carbocycles. The zero-order valence-corrected chi connectivity index (χ0v) is 9.63. The van der Waals surface area contributed by atoms with E-state index < -0.39 is 17.9 Å². The van der Waals surface area contributed by atoms with E-state index in [1.165, 1.54) is 19.9 Å². The molecule has 1 rings (SSSR count). The summed E-state index contributed by atoms with van der Waals surface area (Å²) in [5.41, 5.74) is 0.457. The summed E-state index contributed by atoms with van der Waals surface area (Å²) in [7, 11) is 0. The summed E-state index contributed by atoms with van der Waals surface area (Å²) < 4.78 is 0. The molecule has 16 heavy (non-hydrogen) atoms. The maximum absolute atomic E-state index is 11.5. The first kappa shape index (κ1) is 12.4. The maximum atomic E-state index is 11.5. The van der Waals surface area contributed by atoms with Crippen LogP contribution < -0.4 is 5.32 Å². The number of nitrogens with one attached hydrogen (secondary N) is 1. The molecular weight excluding hydrogens is 230 g/mol. The van der Waals surface area contributed by atoms with Gasteiger partial charge in [-0.25, -0.2) is 0 Å². The highest BCUT2D eigenvalue weighted by molar-refractivity contribution is 7.12. The standard InChI is InChI=1S/C10H11NO4S/c1-5(10(14)15)11-9(13)8-3-7(4-16-8)6(2)12/h3-5H,1-2H3,(H,11,13)(H,14,15)/t5-/m0/s1. The minimum atomic E-state index is -1.10. The van der Waals surface area contributed by atoms with Crippen LogP contribution in [0.2, 0.25) is 0 Å². The van der Waals surface area contributed by atoms with Gasteiger partial charge in [0.25, 0.3) is 5.91 Å². The van der Waals surface area contributed by atoms with Crippen molar-refractivity contribution < 1.29 is 19.5 Å². The van der Waals surface area contributed by atoms with Crippen molar-refractivity contribution in [3.8, 4) is 0 Å². The van der Waals surface area contributed by atoms with Crippen molar-refractivity contribution in [1.29, 1.82) is 0 Å².